The zero-order valence-electron chi connectivity index (χ0n) is 10.6. The SMILES string of the molecule is Cl.NC1CCN(C(=O)c2cc3ccccc3[nH]2)CC1. The third-order valence-corrected chi connectivity index (χ3v) is 3.59. The molecular formula is C14H18ClN3O. The van der Waals surface area contributed by atoms with Gasteiger partial charge in [0.05, 0.1) is 0 Å². The van der Waals surface area contributed by atoms with E-state index in [4.69, 9.17) is 5.73 Å². The molecule has 4 nitrogen and oxygen atoms in total. The van der Waals surface area contributed by atoms with E-state index in [1.54, 1.807) is 0 Å². The van der Waals surface area contributed by atoms with Crippen molar-refractivity contribution in [2.75, 3.05) is 13.1 Å². The highest BCUT2D eigenvalue weighted by atomic mass is 35.5. The number of halogens is 1. The summed E-state index contributed by atoms with van der Waals surface area (Å²) in [6.07, 6.45) is 1.79. The number of rotatable bonds is 1. The largest absolute Gasteiger partial charge is 0.351 e. The molecule has 0 atom stereocenters. The molecule has 0 spiro atoms. The fourth-order valence-electron chi connectivity index (χ4n) is 2.46. The molecule has 1 aliphatic rings. The molecule has 1 aromatic carbocycles. The normalized spacial score (nSPS) is 16.4. The van der Waals surface area contributed by atoms with Crippen molar-refractivity contribution in [1.29, 1.82) is 0 Å². The maximum atomic E-state index is 12.3. The smallest absolute Gasteiger partial charge is 0.270 e. The van der Waals surface area contributed by atoms with Crippen LogP contribution in [0.2, 0.25) is 0 Å². The Morgan fingerprint density at radius 3 is 2.63 bits per heavy atom. The number of piperidine rings is 1. The highest BCUT2D eigenvalue weighted by Gasteiger charge is 2.22. The van der Waals surface area contributed by atoms with E-state index in [1.807, 2.05) is 35.2 Å². The summed E-state index contributed by atoms with van der Waals surface area (Å²) in [5.74, 6) is 0.0816. The predicted molar refractivity (Wildman–Crippen MR) is 78.7 cm³/mol. The molecule has 2 aromatic rings. The van der Waals surface area contributed by atoms with Crippen LogP contribution in [0.5, 0.6) is 0 Å². The number of nitrogens with zero attached hydrogens (tertiary/aromatic N) is 1. The molecular weight excluding hydrogens is 262 g/mol. The summed E-state index contributed by atoms with van der Waals surface area (Å²) < 4.78 is 0. The molecule has 0 radical (unpaired) electrons. The minimum absolute atomic E-state index is 0. The summed E-state index contributed by atoms with van der Waals surface area (Å²) in [7, 11) is 0. The number of hydrogen-bond donors (Lipinski definition) is 2. The number of nitrogens with one attached hydrogen (secondary N) is 1. The van der Waals surface area contributed by atoms with Gasteiger partial charge in [0.15, 0.2) is 0 Å². The van der Waals surface area contributed by atoms with Gasteiger partial charge in [-0.3, -0.25) is 4.79 Å². The van der Waals surface area contributed by atoms with Gasteiger partial charge in [0.25, 0.3) is 5.91 Å². The summed E-state index contributed by atoms with van der Waals surface area (Å²) in [4.78, 5) is 17.4. The minimum atomic E-state index is 0. The zero-order chi connectivity index (χ0) is 12.5. The van der Waals surface area contributed by atoms with Gasteiger partial charge < -0.3 is 15.6 Å². The quantitative estimate of drug-likeness (QED) is 0.840. The van der Waals surface area contributed by atoms with Crippen LogP contribution in [-0.4, -0.2) is 34.9 Å². The van der Waals surface area contributed by atoms with Crippen molar-refractivity contribution in [2.24, 2.45) is 5.73 Å². The number of H-pyrrole nitrogens is 1. The summed E-state index contributed by atoms with van der Waals surface area (Å²) in [5.41, 5.74) is 7.53. The number of hydrogen-bond acceptors (Lipinski definition) is 2. The Hall–Kier alpha value is -1.52. The molecule has 19 heavy (non-hydrogen) atoms. The van der Waals surface area contributed by atoms with Crippen molar-refractivity contribution in [2.45, 2.75) is 18.9 Å². The van der Waals surface area contributed by atoms with Crippen LogP contribution in [0.1, 0.15) is 23.3 Å². The molecule has 102 valence electrons. The molecule has 1 aromatic heterocycles. The average molecular weight is 280 g/mol. The number of aromatic nitrogens is 1. The van der Waals surface area contributed by atoms with Crippen molar-refractivity contribution >= 4 is 29.2 Å². The number of benzene rings is 1. The summed E-state index contributed by atoms with van der Waals surface area (Å²) in [5, 5.41) is 1.08. The van der Waals surface area contributed by atoms with Crippen LogP contribution >= 0.6 is 12.4 Å². The molecule has 5 heteroatoms. The number of para-hydroxylation sites is 1. The van der Waals surface area contributed by atoms with Crippen LogP contribution in [0, 0.1) is 0 Å². The van der Waals surface area contributed by atoms with Gasteiger partial charge in [0.2, 0.25) is 0 Å². The molecule has 0 bridgehead atoms. The third-order valence-electron chi connectivity index (χ3n) is 3.59. The van der Waals surface area contributed by atoms with Gasteiger partial charge in [0.1, 0.15) is 5.69 Å². The first-order valence-electron chi connectivity index (χ1n) is 6.36. The van der Waals surface area contributed by atoms with Gasteiger partial charge in [0, 0.05) is 30.0 Å². The summed E-state index contributed by atoms with van der Waals surface area (Å²) in [6.45, 7) is 1.52. The number of likely N-dealkylation sites (tertiary alicyclic amines) is 1. The van der Waals surface area contributed by atoms with Crippen molar-refractivity contribution in [3.63, 3.8) is 0 Å². The van der Waals surface area contributed by atoms with Crippen LogP contribution in [0.25, 0.3) is 10.9 Å². The molecule has 2 heterocycles. The van der Waals surface area contributed by atoms with Gasteiger partial charge >= 0.3 is 0 Å². The maximum Gasteiger partial charge on any atom is 0.270 e. The van der Waals surface area contributed by atoms with Crippen LogP contribution in [0.15, 0.2) is 30.3 Å². The Balaban J connectivity index is 0.00000133. The van der Waals surface area contributed by atoms with Gasteiger partial charge in [-0.1, -0.05) is 18.2 Å². The molecule has 1 saturated heterocycles. The van der Waals surface area contributed by atoms with E-state index in [2.05, 4.69) is 4.98 Å². The second-order valence-corrected chi connectivity index (χ2v) is 4.90. The lowest BCUT2D eigenvalue weighted by Gasteiger charge is -2.29. The standard InChI is InChI=1S/C14H17N3O.ClH/c15-11-5-7-17(8-6-11)14(18)13-9-10-3-1-2-4-12(10)16-13;/h1-4,9,11,16H,5-8,15H2;1H. The number of nitrogens with two attached hydrogens (primary N) is 1. The minimum Gasteiger partial charge on any atom is -0.351 e. The van der Waals surface area contributed by atoms with E-state index in [-0.39, 0.29) is 24.4 Å². The van der Waals surface area contributed by atoms with E-state index in [9.17, 15) is 4.79 Å². The van der Waals surface area contributed by atoms with E-state index >= 15 is 0 Å². The first kappa shape index (κ1) is 13.9. The molecule has 0 saturated carbocycles. The van der Waals surface area contributed by atoms with Gasteiger partial charge in [-0.2, -0.15) is 0 Å². The second kappa shape index (κ2) is 5.63. The molecule has 1 aliphatic heterocycles. The van der Waals surface area contributed by atoms with Gasteiger partial charge in [-0.05, 0) is 25.0 Å². The van der Waals surface area contributed by atoms with Crippen molar-refractivity contribution in [3.05, 3.63) is 36.0 Å². The molecule has 3 N–H and O–H groups in total. The van der Waals surface area contributed by atoms with E-state index in [0.29, 0.717) is 5.69 Å². The monoisotopic (exact) mass is 279 g/mol. The average Bonchev–Trinajstić information content (AvgIpc) is 2.82. The summed E-state index contributed by atoms with van der Waals surface area (Å²) >= 11 is 0. The molecule has 3 rings (SSSR count). The number of carbonyl (C=O) groups is 1. The van der Waals surface area contributed by atoms with Crippen LogP contribution in [0.3, 0.4) is 0 Å². The number of fused-ring (bicyclic) bond motifs is 1. The number of aromatic amines is 1. The van der Waals surface area contributed by atoms with Crippen LogP contribution in [0.4, 0.5) is 0 Å². The van der Waals surface area contributed by atoms with Gasteiger partial charge in [-0.15, -0.1) is 12.4 Å². The second-order valence-electron chi connectivity index (χ2n) is 4.90. The lowest BCUT2D eigenvalue weighted by Crippen LogP contribution is -2.42. The zero-order valence-corrected chi connectivity index (χ0v) is 11.5. The molecule has 0 aliphatic carbocycles. The fourth-order valence-corrected chi connectivity index (χ4v) is 2.46. The predicted octanol–water partition coefficient (Wildman–Crippen LogP) is 2.15. The molecule has 1 fully saturated rings. The Bertz CT molecular complexity index is 540. The summed E-state index contributed by atoms with van der Waals surface area (Å²) in [6, 6.07) is 10.1. The highest BCUT2D eigenvalue weighted by Crippen LogP contribution is 2.17. The maximum absolute atomic E-state index is 12.3. The van der Waals surface area contributed by atoms with Crippen molar-refractivity contribution < 1.29 is 4.79 Å². The lowest BCUT2D eigenvalue weighted by atomic mass is 10.1. The number of carbonyl (C=O) groups excluding carboxylic acids is 1. The van der Waals surface area contributed by atoms with E-state index < -0.39 is 0 Å². The Kier molecular flexibility index (Phi) is 4.12. The lowest BCUT2D eigenvalue weighted by molar-refractivity contribution is 0.0710. The Labute approximate surface area is 118 Å². The number of amides is 1. The van der Waals surface area contributed by atoms with Crippen LogP contribution < -0.4 is 5.73 Å². The van der Waals surface area contributed by atoms with E-state index in [0.717, 1.165) is 36.8 Å². The van der Waals surface area contributed by atoms with Crippen molar-refractivity contribution in [3.8, 4) is 0 Å². The highest BCUT2D eigenvalue weighted by molar-refractivity contribution is 5.98. The van der Waals surface area contributed by atoms with E-state index in [1.165, 1.54) is 0 Å². The molecule has 0 unspecified atom stereocenters. The van der Waals surface area contributed by atoms with Crippen molar-refractivity contribution in [1.82, 2.24) is 9.88 Å². The van der Waals surface area contributed by atoms with Crippen LogP contribution in [-0.2, 0) is 0 Å². The van der Waals surface area contributed by atoms with Gasteiger partial charge in [-0.25, -0.2) is 0 Å². The Morgan fingerprint density at radius 2 is 1.95 bits per heavy atom. The first-order chi connectivity index (χ1) is 8.74. The Morgan fingerprint density at radius 1 is 1.26 bits per heavy atom. The topological polar surface area (TPSA) is 62.1 Å². The third kappa shape index (κ3) is 2.74. The molecule has 1 amide bonds. The fraction of sp³-hybridized carbons (Fsp3) is 0.357. The first-order valence-corrected chi connectivity index (χ1v) is 6.36.